The second kappa shape index (κ2) is 2.59. The van der Waals surface area contributed by atoms with Crippen LogP contribution in [-0.4, -0.2) is 11.1 Å². The van der Waals surface area contributed by atoms with Crippen LogP contribution in [0, 0.1) is 12.8 Å². The van der Waals surface area contributed by atoms with Gasteiger partial charge in [0, 0.05) is 10.8 Å². The number of rotatable bonds is 2. The first-order valence-corrected chi connectivity index (χ1v) is 4.84. The van der Waals surface area contributed by atoms with Crippen molar-refractivity contribution >= 4 is 17.3 Å². The van der Waals surface area contributed by atoms with Gasteiger partial charge >= 0.3 is 5.97 Å². The summed E-state index contributed by atoms with van der Waals surface area (Å²) in [4.78, 5) is 11.8. The molecule has 0 spiro atoms. The molecule has 0 amide bonds. The van der Waals surface area contributed by atoms with Crippen molar-refractivity contribution in [2.75, 3.05) is 0 Å². The second-order valence-electron chi connectivity index (χ2n) is 3.31. The van der Waals surface area contributed by atoms with E-state index in [4.69, 9.17) is 5.11 Å². The topological polar surface area (TPSA) is 37.3 Å². The Balaban J connectivity index is 2.10. The van der Waals surface area contributed by atoms with E-state index < -0.39 is 5.97 Å². The van der Waals surface area contributed by atoms with Crippen LogP contribution in [0.15, 0.2) is 11.4 Å². The fourth-order valence-electron chi connectivity index (χ4n) is 1.43. The van der Waals surface area contributed by atoms with Crippen molar-refractivity contribution in [3.8, 4) is 0 Å². The predicted octanol–water partition coefficient (Wildman–Crippen LogP) is 2.24. The van der Waals surface area contributed by atoms with Gasteiger partial charge in [-0.25, -0.2) is 0 Å². The van der Waals surface area contributed by atoms with Gasteiger partial charge in [0.15, 0.2) is 0 Å². The molecule has 0 bridgehead atoms. The van der Waals surface area contributed by atoms with E-state index in [1.165, 1.54) is 10.4 Å². The molecule has 2 unspecified atom stereocenters. The molecule has 12 heavy (non-hydrogen) atoms. The molecule has 2 rings (SSSR count). The van der Waals surface area contributed by atoms with Crippen LogP contribution in [0.3, 0.4) is 0 Å². The molecule has 0 aliphatic heterocycles. The largest absolute Gasteiger partial charge is 0.481 e. The Morgan fingerprint density at radius 3 is 2.92 bits per heavy atom. The molecule has 2 atom stereocenters. The number of hydrogen-bond donors (Lipinski definition) is 1. The summed E-state index contributed by atoms with van der Waals surface area (Å²) in [7, 11) is 0. The summed E-state index contributed by atoms with van der Waals surface area (Å²) in [6.07, 6.45) is 0.829. The van der Waals surface area contributed by atoms with Crippen LogP contribution in [0.5, 0.6) is 0 Å². The summed E-state index contributed by atoms with van der Waals surface area (Å²) < 4.78 is 0. The molecule has 1 aliphatic rings. The van der Waals surface area contributed by atoms with Crippen LogP contribution in [0.25, 0.3) is 0 Å². The first-order chi connectivity index (χ1) is 5.68. The summed E-state index contributed by atoms with van der Waals surface area (Å²) in [6.45, 7) is 2.04. The fraction of sp³-hybridized carbons (Fsp3) is 0.444. The number of hydrogen-bond acceptors (Lipinski definition) is 2. The summed E-state index contributed by atoms with van der Waals surface area (Å²) in [5.74, 6) is -0.449. The summed E-state index contributed by atoms with van der Waals surface area (Å²) in [5, 5.41) is 10.8. The molecule has 64 valence electrons. The van der Waals surface area contributed by atoms with Crippen molar-refractivity contribution in [2.45, 2.75) is 19.3 Å². The lowest BCUT2D eigenvalue weighted by Crippen LogP contribution is -1.97. The highest BCUT2D eigenvalue weighted by Crippen LogP contribution is 2.49. The minimum Gasteiger partial charge on any atom is -0.481 e. The van der Waals surface area contributed by atoms with Crippen LogP contribution in [0.1, 0.15) is 22.8 Å². The van der Waals surface area contributed by atoms with Gasteiger partial charge in [-0.1, -0.05) is 0 Å². The van der Waals surface area contributed by atoms with E-state index in [-0.39, 0.29) is 5.92 Å². The van der Waals surface area contributed by atoms with Gasteiger partial charge < -0.3 is 5.11 Å². The van der Waals surface area contributed by atoms with E-state index in [0.717, 1.165) is 6.42 Å². The van der Waals surface area contributed by atoms with E-state index in [1.54, 1.807) is 11.3 Å². The normalized spacial score (nSPS) is 27.1. The Hall–Kier alpha value is -0.830. The van der Waals surface area contributed by atoms with Crippen molar-refractivity contribution in [1.29, 1.82) is 0 Å². The zero-order chi connectivity index (χ0) is 8.72. The van der Waals surface area contributed by atoms with Gasteiger partial charge in [0.05, 0.1) is 5.92 Å². The van der Waals surface area contributed by atoms with Crippen LogP contribution in [0.4, 0.5) is 0 Å². The van der Waals surface area contributed by atoms with Crippen molar-refractivity contribution < 1.29 is 9.90 Å². The minimum absolute atomic E-state index is 0.108. The van der Waals surface area contributed by atoms with Crippen LogP contribution < -0.4 is 0 Å². The summed E-state index contributed by atoms with van der Waals surface area (Å²) >= 11 is 1.68. The van der Waals surface area contributed by atoms with Crippen molar-refractivity contribution in [2.24, 2.45) is 5.92 Å². The molecule has 1 aromatic rings. The van der Waals surface area contributed by atoms with Gasteiger partial charge in [-0.05, 0) is 30.4 Å². The molecule has 1 heterocycles. The molecule has 0 saturated heterocycles. The molecule has 0 aromatic carbocycles. The minimum atomic E-state index is -0.647. The lowest BCUT2D eigenvalue weighted by molar-refractivity contribution is -0.138. The number of aliphatic carboxylic acids is 1. The number of carbonyl (C=O) groups is 1. The molecule has 1 saturated carbocycles. The molecular weight excluding hydrogens is 172 g/mol. The van der Waals surface area contributed by atoms with Gasteiger partial charge in [-0.15, -0.1) is 11.3 Å². The first-order valence-electron chi connectivity index (χ1n) is 3.96. The third-order valence-corrected chi connectivity index (χ3v) is 3.41. The highest BCUT2D eigenvalue weighted by molar-refractivity contribution is 7.10. The number of carboxylic acid groups (broad SMARTS) is 1. The average molecular weight is 182 g/mol. The quantitative estimate of drug-likeness (QED) is 0.761. The maximum atomic E-state index is 10.6. The lowest BCUT2D eigenvalue weighted by atomic mass is 10.2. The lowest BCUT2D eigenvalue weighted by Gasteiger charge is -1.89. The molecule has 1 aromatic heterocycles. The van der Waals surface area contributed by atoms with Gasteiger partial charge in [0.25, 0.3) is 0 Å². The van der Waals surface area contributed by atoms with Gasteiger partial charge in [0.1, 0.15) is 0 Å². The van der Waals surface area contributed by atoms with E-state index in [1.807, 2.05) is 6.92 Å². The van der Waals surface area contributed by atoms with E-state index in [0.29, 0.717) is 5.92 Å². The maximum Gasteiger partial charge on any atom is 0.307 e. The third kappa shape index (κ3) is 1.25. The standard InChI is InChI=1S/C9H10O2S/c1-5-2-8(12-4-5)6-3-7(6)9(10)11/h2,4,6-7H,3H2,1H3,(H,10,11). The Morgan fingerprint density at radius 1 is 1.75 bits per heavy atom. The summed E-state index contributed by atoms with van der Waals surface area (Å²) in [5.41, 5.74) is 1.24. The Bertz CT molecular complexity index is 316. The van der Waals surface area contributed by atoms with Crippen LogP contribution in [-0.2, 0) is 4.79 Å². The predicted molar refractivity (Wildman–Crippen MR) is 47.5 cm³/mol. The number of aryl methyl sites for hydroxylation is 1. The third-order valence-electron chi connectivity index (χ3n) is 2.22. The Kier molecular flexibility index (Phi) is 1.68. The van der Waals surface area contributed by atoms with Crippen molar-refractivity contribution in [3.05, 3.63) is 21.9 Å². The highest BCUT2D eigenvalue weighted by Gasteiger charge is 2.44. The smallest absolute Gasteiger partial charge is 0.307 e. The molecule has 2 nitrogen and oxygen atoms in total. The molecule has 3 heteroatoms. The zero-order valence-electron chi connectivity index (χ0n) is 6.78. The monoisotopic (exact) mass is 182 g/mol. The van der Waals surface area contributed by atoms with Gasteiger partial charge in [-0.2, -0.15) is 0 Å². The van der Waals surface area contributed by atoms with Crippen molar-refractivity contribution in [3.63, 3.8) is 0 Å². The van der Waals surface area contributed by atoms with Crippen molar-refractivity contribution in [1.82, 2.24) is 0 Å². The number of carboxylic acids is 1. The molecular formula is C9H10O2S. The molecule has 1 aliphatic carbocycles. The number of thiophene rings is 1. The molecule has 1 N–H and O–H groups in total. The van der Waals surface area contributed by atoms with Crippen LogP contribution >= 0.6 is 11.3 Å². The second-order valence-corrected chi connectivity index (χ2v) is 4.26. The average Bonchev–Trinajstić information content (AvgIpc) is 2.70. The molecule has 1 fully saturated rings. The summed E-state index contributed by atoms with van der Waals surface area (Å²) in [6, 6.07) is 2.10. The van der Waals surface area contributed by atoms with Gasteiger partial charge in [-0.3, -0.25) is 4.79 Å². The maximum absolute atomic E-state index is 10.6. The van der Waals surface area contributed by atoms with E-state index in [2.05, 4.69) is 11.4 Å². The van der Waals surface area contributed by atoms with Crippen LogP contribution in [0.2, 0.25) is 0 Å². The highest BCUT2D eigenvalue weighted by atomic mass is 32.1. The Labute approximate surface area is 74.8 Å². The fourth-order valence-corrected chi connectivity index (χ4v) is 2.51. The molecule has 0 radical (unpaired) electrons. The Morgan fingerprint density at radius 2 is 2.50 bits per heavy atom. The first kappa shape index (κ1) is 7.80. The zero-order valence-corrected chi connectivity index (χ0v) is 7.60. The van der Waals surface area contributed by atoms with E-state index >= 15 is 0 Å². The van der Waals surface area contributed by atoms with Gasteiger partial charge in [0.2, 0.25) is 0 Å². The SMILES string of the molecule is Cc1csc(C2CC2C(=O)O)c1. The van der Waals surface area contributed by atoms with E-state index in [9.17, 15) is 4.79 Å².